The topological polar surface area (TPSA) is 9.23 Å². The molecule has 74 valence electrons. The van der Waals surface area contributed by atoms with Crippen LogP contribution in [0.15, 0.2) is 30.3 Å². The van der Waals surface area contributed by atoms with E-state index in [1.807, 2.05) is 18.2 Å². The Balaban J connectivity index is 2.81. The summed E-state index contributed by atoms with van der Waals surface area (Å²) in [6.07, 6.45) is 2.75. The van der Waals surface area contributed by atoms with Gasteiger partial charge < -0.3 is 4.74 Å². The smallest absolute Gasteiger partial charge is 0.138 e. The van der Waals surface area contributed by atoms with Crippen LogP contribution in [-0.2, 0) is 4.74 Å². The van der Waals surface area contributed by atoms with Crippen molar-refractivity contribution >= 4 is 0 Å². The maximum absolute atomic E-state index is 5.48. The van der Waals surface area contributed by atoms with E-state index < -0.39 is 0 Å². The summed E-state index contributed by atoms with van der Waals surface area (Å²) in [7, 11) is 0. The molecule has 14 heavy (non-hydrogen) atoms. The van der Waals surface area contributed by atoms with Crippen molar-refractivity contribution in [3.05, 3.63) is 35.9 Å². The highest BCUT2D eigenvalue weighted by Crippen LogP contribution is 2.24. The van der Waals surface area contributed by atoms with Gasteiger partial charge in [0.05, 0.1) is 0 Å². The van der Waals surface area contributed by atoms with Gasteiger partial charge in [-0.2, -0.15) is 0 Å². The zero-order chi connectivity index (χ0) is 10.4. The van der Waals surface area contributed by atoms with Crippen LogP contribution < -0.4 is 0 Å². The molecule has 0 heterocycles. The number of hydrogen-bond donors (Lipinski definition) is 0. The summed E-state index contributed by atoms with van der Waals surface area (Å²) in [5, 5.41) is 0. The monoisotopic (exact) mass is 188 g/mol. The first-order chi connectivity index (χ1) is 6.75. The molecule has 1 aromatic carbocycles. The Morgan fingerprint density at radius 1 is 1.14 bits per heavy atom. The van der Waals surface area contributed by atoms with Crippen molar-refractivity contribution in [2.24, 2.45) is 5.92 Å². The molecular formula is C13H16O. The standard InChI is InChI=1S/C13H16O/c1-4-10-14-13(11(2)3)12-8-6-5-7-9-12/h5-9,11,13H,1-3H3. The molecule has 0 N–H and O–H groups in total. The third kappa shape index (κ3) is 2.81. The number of rotatable bonds is 3. The van der Waals surface area contributed by atoms with Gasteiger partial charge >= 0.3 is 0 Å². The van der Waals surface area contributed by atoms with Crippen molar-refractivity contribution in [2.75, 3.05) is 0 Å². The predicted molar refractivity (Wildman–Crippen MR) is 58.6 cm³/mol. The number of hydrogen-bond acceptors (Lipinski definition) is 1. The molecule has 0 bridgehead atoms. The van der Waals surface area contributed by atoms with Crippen LogP contribution in [0.5, 0.6) is 0 Å². The highest BCUT2D eigenvalue weighted by Gasteiger charge is 2.15. The molecule has 0 spiro atoms. The first kappa shape index (κ1) is 10.7. The van der Waals surface area contributed by atoms with Gasteiger partial charge in [-0.15, -0.1) is 0 Å². The fourth-order valence-electron chi connectivity index (χ4n) is 1.35. The summed E-state index contributed by atoms with van der Waals surface area (Å²) in [4.78, 5) is 0. The third-order valence-corrected chi connectivity index (χ3v) is 2.02. The van der Waals surface area contributed by atoms with Gasteiger partial charge in [-0.05, 0) is 11.5 Å². The average molecular weight is 188 g/mol. The quantitative estimate of drug-likeness (QED) is 0.661. The van der Waals surface area contributed by atoms with Crippen LogP contribution >= 0.6 is 0 Å². The number of benzene rings is 1. The molecule has 1 unspecified atom stereocenters. The van der Waals surface area contributed by atoms with Crippen molar-refractivity contribution in [2.45, 2.75) is 26.9 Å². The number of ether oxygens (including phenoxy) is 1. The minimum atomic E-state index is 0.0728. The van der Waals surface area contributed by atoms with Crippen LogP contribution in [0.4, 0.5) is 0 Å². The van der Waals surface area contributed by atoms with Crippen molar-refractivity contribution in [3.63, 3.8) is 0 Å². The fraction of sp³-hybridized carbons (Fsp3) is 0.385. The van der Waals surface area contributed by atoms with Gasteiger partial charge in [-0.25, -0.2) is 0 Å². The summed E-state index contributed by atoms with van der Waals surface area (Å²) < 4.78 is 5.48. The maximum Gasteiger partial charge on any atom is 0.138 e. The lowest BCUT2D eigenvalue weighted by Crippen LogP contribution is -2.08. The van der Waals surface area contributed by atoms with Gasteiger partial charge in [0.2, 0.25) is 0 Å². The van der Waals surface area contributed by atoms with Crippen molar-refractivity contribution < 1.29 is 4.74 Å². The maximum atomic E-state index is 5.48. The molecule has 0 aliphatic heterocycles. The molecule has 0 fully saturated rings. The SMILES string of the molecule is CC#COC(c1ccccc1)C(C)C. The molecule has 0 saturated heterocycles. The summed E-state index contributed by atoms with van der Waals surface area (Å²) in [5.74, 6) is 3.18. The van der Waals surface area contributed by atoms with Crippen LogP contribution in [-0.4, -0.2) is 0 Å². The molecule has 0 aliphatic rings. The van der Waals surface area contributed by atoms with Crippen LogP contribution in [0.3, 0.4) is 0 Å². The lowest BCUT2D eigenvalue weighted by Gasteiger charge is -2.18. The Hall–Kier alpha value is -1.42. The van der Waals surface area contributed by atoms with Crippen LogP contribution in [0, 0.1) is 17.9 Å². The lowest BCUT2D eigenvalue weighted by molar-refractivity contribution is 0.121. The van der Waals surface area contributed by atoms with Gasteiger partial charge in [-0.1, -0.05) is 50.1 Å². The van der Waals surface area contributed by atoms with Crippen LogP contribution in [0.25, 0.3) is 0 Å². The van der Waals surface area contributed by atoms with E-state index in [0.29, 0.717) is 5.92 Å². The molecule has 0 aliphatic carbocycles. The Morgan fingerprint density at radius 3 is 2.29 bits per heavy atom. The van der Waals surface area contributed by atoms with Crippen LogP contribution in [0.1, 0.15) is 32.4 Å². The van der Waals surface area contributed by atoms with E-state index in [0.717, 1.165) is 0 Å². The van der Waals surface area contributed by atoms with Crippen LogP contribution in [0.2, 0.25) is 0 Å². The molecule has 0 aromatic heterocycles. The summed E-state index contributed by atoms with van der Waals surface area (Å²) in [6.45, 7) is 6.05. The third-order valence-electron chi connectivity index (χ3n) is 2.02. The highest BCUT2D eigenvalue weighted by atomic mass is 16.5. The van der Waals surface area contributed by atoms with Crippen molar-refractivity contribution in [1.29, 1.82) is 0 Å². The molecule has 1 atom stereocenters. The Kier molecular flexibility index (Phi) is 4.07. The molecule has 1 aromatic rings. The molecule has 1 nitrogen and oxygen atoms in total. The van der Waals surface area contributed by atoms with E-state index in [9.17, 15) is 0 Å². The molecule has 0 saturated carbocycles. The largest absolute Gasteiger partial charge is 0.438 e. The minimum Gasteiger partial charge on any atom is -0.438 e. The van der Waals surface area contributed by atoms with Gasteiger partial charge in [0.1, 0.15) is 12.2 Å². The Labute approximate surface area is 86.1 Å². The molecule has 1 heteroatoms. The van der Waals surface area contributed by atoms with Gasteiger partial charge in [-0.3, -0.25) is 0 Å². The van der Waals surface area contributed by atoms with E-state index in [2.05, 4.69) is 38.0 Å². The molecule has 0 amide bonds. The average Bonchev–Trinajstić information content (AvgIpc) is 2.19. The second-order valence-electron chi connectivity index (χ2n) is 3.55. The van der Waals surface area contributed by atoms with Gasteiger partial charge in [0.25, 0.3) is 0 Å². The molecule has 1 rings (SSSR count). The zero-order valence-electron chi connectivity index (χ0n) is 8.95. The second-order valence-corrected chi connectivity index (χ2v) is 3.55. The zero-order valence-corrected chi connectivity index (χ0v) is 8.95. The van der Waals surface area contributed by atoms with Gasteiger partial charge in [0, 0.05) is 6.92 Å². The highest BCUT2D eigenvalue weighted by molar-refractivity contribution is 5.18. The first-order valence-corrected chi connectivity index (χ1v) is 4.88. The first-order valence-electron chi connectivity index (χ1n) is 4.88. The van der Waals surface area contributed by atoms with E-state index in [1.165, 1.54) is 5.56 Å². The minimum absolute atomic E-state index is 0.0728. The van der Waals surface area contributed by atoms with Crippen molar-refractivity contribution in [1.82, 2.24) is 0 Å². The summed E-state index contributed by atoms with van der Waals surface area (Å²) >= 11 is 0. The Morgan fingerprint density at radius 2 is 1.79 bits per heavy atom. The fourth-order valence-corrected chi connectivity index (χ4v) is 1.35. The van der Waals surface area contributed by atoms with E-state index in [1.54, 1.807) is 6.92 Å². The van der Waals surface area contributed by atoms with E-state index in [4.69, 9.17) is 4.74 Å². The second kappa shape index (κ2) is 5.34. The van der Waals surface area contributed by atoms with Gasteiger partial charge in [0.15, 0.2) is 0 Å². The normalized spacial score (nSPS) is 11.7. The van der Waals surface area contributed by atoms with E-state index in [-0.39, 0.29) is 6.10 Å². The van der Waals surface area contributed by atoms with Crippen molar-refractivity contribution in [3.8, 4) is 12.0 Å². The van der Waals surface area contributed by atoms with E-state index >= 15 is 0 Å². The molecule has 0 radical (unpaired) electrons. The lowest BCUT2D eigenvalue weighted by atomic mass is 9.99. The summed E-state index contributed by atoms with van der Waals surface area (Å²) in [5.41, 5.74) is 1.19. The summed E-state index contributed by atoms with van der Waals surface area (Å²) in [6, 6.07) is 10.2. The predicted octanol–water partition coefficient (Wildman–Crippen LogP) is 3.38. The molecular weight excluding hydrogens is 172 g/mol. The Bertz CT molecular complexity index is 316.